The summed E-state index contributed by atoms with van der Waals surface area (Å²) in [6, 6.07) is 17.0. The predicted octanol–water partition coefficient (Wildman–Crippen LogP) is 5.19. The van der Waals surface area contributed by atoms with Crippen LogP contribution in [-0.2, 0) is 6.54 Å². The van der Waals surface area contributed by atoms with E-state index in [0.29, 0.717) is 18.8 Å². The number of fused-ring (bicyclic) bond motifs is 1. The van der Waals surface area contributed by atoms with Crippen molar-refractivity contribution in [1.82, 2.24) is 24.5 Å². The minimum Gasteiger partial charge on any atom is -0.496 e. The molecule has 0 bridgehead atoms. The van der Waals surface area contributed by atoms with Crippen LogP contribution in [0.3, 0.4) is 0 Å². The van der Waals surface area contributed by atoms with Crippen molar-refractivity contribution in [3.05, 3.63) is 78.8 Å². The molecule has 5 rings (SSSR count). The first-order valence-corrected chi connectivity index (χ1v) is 11.9. The smallest absolute Gasteiger partial charge is 0.132 e. The van der Waals surface area contributed by atoms with Crippen LogP contribution in [0.1, 0.15) is 5.69 Å². The lowest BCUT2D eigenvalue weighted by Gasteiger charge is -2.12. The van der Waals surface area contributed by atoms with E-state index in [9.17, 15) is 4.39 Å². The summed E-state index contributed by atoms with van der Waals surface area (Å²) in [6.07, 6.45) is 3.13. The van der Waals surface area contributed by atoms with E-state index >= 15 is 0 Å². The molecule has 0 saturated heterocycles. The third-order valence-electron chi connectivity index (χ3n) is 6.27. The van der Waals surface area contributed by atoms with Crippen LogP contribution >= 0.6 is 0 Å². The minimum atomic E-state index is -0.319. The molecular weight excluding hydrogens is 469 g/mol. The van der Waals surface area contributed by atoms with Gasteiger partial charge < -0.3 is 19.5 Å². The Balaban J connectivity index is 1.29. The van der Waals surface area contributed by atoms with E-state index in [1.54, 1.807) is 25.8 Å². The SMILES string of the molecule is COc1cc(F)cc2c1cc(C)n2CCNc1cc(-c2ccc(-c3cc(N(C)C)ncn3)cc2)ncn1. The summed E-state index contributed by atoms with van der Waals surface area (Å²) < 4.78 is 21.5. The van der Waals surface area contributed by atoms with Crippen molar-refractivity contribution < 1.29 is 9.13 Å². The molecule has 37 heavy (non-hydrogen) atoms. The number of rotatable bonds is 8. The summed E-state index contributed by atoms with van der Waals surface area (Å²) in [7, 11) is 5.46. The van der Waals surface area contributed by atoms with Gasteiger partial charge in [0.1, 0.15) is 35.9 Å². The summed E-state index contributed by atoms with van der Waals surface area (Å²) in [5.74, 6) is 1.79. The molecule has 0 aliphatic carbocycles. The summed E-state index contributed by atoms with van der Waals surface area (Å²) in [5, 5.41) is 4.26. The number of anilines is 2. The number of halogens is 1. The molecule has 9 heteroatoms. The van der Waals surface area contributed by atoms with E-state index < -0.39 is 0 Å². The third-order valence-corrected chi connectivity index (χ3v) is 6.27. The molecule has 0 amide bonds. The van der Waals surface area contributed by atoms with Crippen LogP contribution in [0.5, 0.6) is 5.75 Å². The van der Waals surface area contributed by atoms with Gasteiger partial charge in [0, 0.05) is 67.6 Å². The maximum atomic E-state index is 14.1. The number of ether oxygens (including phenoxy) is 1. The molecule has 0 radical (unpaired) electrons. The van der Waals surface area contributed by atoms with Gasteiger partial charge in [0.05, 0.1) is 24.0 Å². The van der Waals surface area contributed by atoms with Crippen LogP contribution in [0.15, 0.2) is 67.3 Å². The number of benzene rings is 2. The Kier molecular flexibility index (Phi) is 6.68. The van der Waals surface area contributed by atoms with Crippen molar-refractivity contribution in [2.45, 2.75) is 13.5 Å². The van der Waals surface area contributed by atoms with Gasteiger partial charge >= 0.3 is 0 Å². The molecule has 0 unspecified atom stereocenters. The standard InChI is InChI=1S/C28H28FN7O/c1-18-11-22-25(12-21(29)13-26(22)37-4)36(18)10-9-30-27-14-23(31-16-33-27)19-5-7-20(8-6-19)24-15-28(35(2)3)34-17-32-24/h5-8,11-17H,9-10H2,1-4H3,(H,30,31,33). The predicted molar refractivity (Wildman–Crippen MR) is 144 cm³/mol. The van der Waals surface area contributed by atoms with Crippen molar-refractivity contribution >= 4 is 22.5 Å². The van der Waals surface area contributed by atoms with Gasteiger partial charge in [-0.15, -0.1) is 0 Å². The highest BCUT2D eigenvalue weighted by atomic mass is 19.1. The van der Waals surface area contributed by atoms with Crippen LogP contribution in [-0.4, -0.2) is 52.3 Å². The highest BCUT2D eigenvalue weighted by Crippen LogP contribution is 2.30. The van der Waals surface area contributed by atoms with E-state index in [4.69, 9.17) is 4.74 Å². The quantitative estimate of drug-likeness (QED) is 0.316. The molecule has 8 nitrogen and oxygen atoms in total. The van der Waals surface area contributed by atoms with Crippen molar-refractivity contribution in [2.24, 2.45) is 0 Å². The van der Waals surface area contributed by atoms with E-state index in [2.05, 4.69) is 29.8 Å². The van der Waals surface area contributed by atoms with Crippen molar-refractivity contribution in [3.8, 4) is 28.3 Å². The Morgan fingerprint density at radius 1 is 0.892 bits per heavy atom. The zero-order valence-corrected chi connectivity index (χ0v) is 21.2. The first kappa shape index (κ1) is 24.2. The molecular formula is C28H28FN7O. The maximum Gasteiger partial charge on any atom is 0.132 e. The fourth-order valence-electron chi connectivity index (χ4n) is 4.36. The van der Waals surface area contributed by atoms with E-state index in [1.165, 1.54) is 6.07 Å². The molecule has 5 aromatic rings. The largest absolute Gasteiger partial charge is 0.496 e. The van der Waals surface area contributed by atoms with Gasteiger partial charge in [0.2, 0.25) is 0 Å². The van der Waals surface area contributed by atoms with Crippen LogP contribution in [0.4, 0.5) is 16.0 Å². The van der Waals surface area contributed by atoms with Gasteiger partial charge in [-0.1, -0.05) is 24.3 Å². The van der Waals surface area contributed by atoms with Gasteiger partial charge in [0.15, 0.2) is 0 Å². The molecule has 188 valence electrons. The molecule has 0 fully saturated rings. The van der Waals surface area contributed by atoms with Crippen molar-refractivity contribution in [2.75, 3.05) is 38.0 Å². The average Bonchev–Trinajstić information content (AvgIpc) is 3.23. The summed E-state index contributed by atoms with van der Waals surface area (Å²) in [4.78, 5) is 19.4. The van der Waals surface area contributed by atoms with E-state index in [1.807, 2.05) is 68.4 Å². The monoisotopic (exact) mass is 497 g/mol. The first-order valence-electron chi connectivity index (χ1n) is 11.9. The Labute approximate surface area is 214 Å². The van der Waals surface area contributed by atoms with Crippen LogP contribution in [0.2, 0.25) is 0 Å². The van der Waals surface area contributed by atoms with E-state index in [0.717, 1.165) is 50.7 Å². The van der Waals surface area contributed by atoms with Crippen LogP contribution in [0.25, 0.3) is 33.4 Å². The molecule has 0 aliphatic rings. The fourth-order valence-corrected chi connectivity index (χ4v) is 4.36. The molecule has 0 saturated carbocycles. The number of aryl methyl sites for hydroxylation is 1. The number of hydrogen-bond donors (Lipinski definition) is 1. The summed E-state index contributed by atoms with van der Waals surface area (Å²) in [6.45, 7) is 3.26. The normalized spacial score (nSPS) is 11.1. The Hall–Kier alpha value is -4.53. The molecule has 0 spiro atoms. The van der Waals surface area contributed by atoms with Gasteiger partial charge in [-0.2, -0.15) is 0 Å². The molecule has 0 atom stereocenters. The Bertz CT molecular complexity index is 1550. The fraction of sp³-hybridized carbons (Fsp3) is 0.214. The Morgan fingerprint density at radius 3 is 2.24 bits per heavy atom. The van der Waals surface area contributed by atoms with Crippen LogP contribution in [0, 0.1) is 12.7 Å². The number of methoxy groups -OCH3 is 1. The number of aromatic nitrogens is 5. The number of hydrogen-bond acceptors (Lipinski definition) is 7. The second-order valence-electron chi connectivity index (χ2n) is 8.93. The first-order chi connectivity index (χ1) is 17.9. The molecule has 2 aromatic carbocycles. The summed E-state index contributed by atoms with van der Waals surface area (Å²) >= 11 is 0. The van der Waals surface area contributed by atoms with Gasteiger partial charge in [-0.05, 0) is 19.1 Å². The molecule has 0 aliphatic heterocycles. The zero-order valence-electron chi connectivity index (χ0n) is 21.2. The molecule has 3 aromatic heterocycles. The average molecular weight is 498 g/mol. The highest BCUT2D eigenvalue weighted by molar-refractivity contribution is 5.87. The maximum absolute atomic E-state index is 14.1. The number of nitrogens with one attached hydrogen (secondary N) is 1. The van der Waals surface area contributed by atoms with Crippen molar-refractivity contribution in [3.63, 3.8) is 0 Å². The van der Waals surface area contributed by atoms with E-state index in [-0.39, 0.29) is 5.82 Å². The topological polar surface area (TPSA) is 81.0 Å². The summed E-state index contributed by atoms with van der Waals surface area (Å²) in [5.41, 5.74) is 5.50. The molecule has 3 heterocycles. The van der Waals surface area contributed by atoms with Gasteiger partial charge in [-0.25, -0.2) is 24.3 Å². The minimum absolute atomic E-state index is 0.319. The third kappa shape index (κ3) is 5.06. The van der Waals surface area contributed by atoms with Gasteiger partial charge in [0.25, 0.3) is 0 Å². The van der Waals surface area contributed by atoms with Crippen molar-refractivity contribution in [1.29, 1.82) is 0 Å². The van der Waals surface area contributed by atoms with Gasteiger partial charge in [-0.3, -0.25) is 0 Å². The van der Waals surface area contributed by atoms with Crippen LogP contribution < -0.4 is 15.0 Å². The lowest BCUT2D eigenvalue weighted by atomic mass is 10.1. The lowest BCUT2D eigenvalue weighted by molar-refractivity contribution is 0.416. The molecule has 1 N–H and O–H groups in total. The lowest BCUT2D eigenvalue weighted by Crippen LogP contribution is -2.12. The second kappa shape index (κ2) is 10.2. The Morgan fingerprint density at radius 2 is 1.57 bits per heavy atom. The number of nitrogens with zero attached hydrogens (tertiary/aromatic N) is 6. The second-order valence-corrected chi connectivity index (χ2v) is 8.93. The highest BCUT2D eigenvalue weighted by Gasteiger charge is 2.12. The zero-order chi connectivity index (χ0) is 25.9.